The lowest BCUT2D eigenvalue weighted by atomic mass is 10.0. The molecule has 3 aromatic rings. The summed E-state index contributed by atoms with van der Waals surface area (Å²) in [6.07, 6.45) is 1.27. The first kappa shape index (κ1) is 24.5. The molecule has 4 nitrogen and oxygen atoms in total. The lowest BCUT2D eigenvalue weighted by Crippen LogP contribution is -2.51. The monoisotopic (exact) mass is 466 g/mol. The van der Waals surface area contributed by atoms with E-state index in [1.165, 1.54) is 12.1 Å². The summed E-state index contributed by atoms with van der Waals surface area (Å²) >= 11 is 6.11. The van der Waals surface area contributed by atoms with Crippen LogP contribution in [0.4, 0.5) is 4.39 Å². The van der Waals surface area contributed by atoms with Gasteiger partial charge in [0.1, 0.15) is 11.9 Å². The molecule has 1 atom stereocenters. The van der Waals surface area contributed by atoms with E-state index < -0.39 is 6.04 Å². The lowest BCUT2D eigenvalue weighted by Gasteiger charge is -2.31. The van der Waals surface area contributed by atoms with Crippen molar-refractivity contribution < 1.29 is 14.0 Å². The van der Waals surface area contributed by atoms with Crippen molar-refractivity contribution in [1.82, 2.24) is 10.2 Å². The number of nitrogens with zero attached hydrogens (tertiary/aromatic N) is 1. The molecule has 0 aliphatic heterocycles. The summed E-state index contributed by atoms with van der Waals surface area (Å²) < 4.78 is 13.5. The topological polar surface area (TPSA) is 49.4 Å². The van der Waals surface area contributed by atoms with Gasteiger partial charge in [-0.2, -0.15) is 0 Å². The Morgan fingerprint density at radius 1 is 0.939 bits per heavy atom. The Morgan fingerprint density at radius 2 is 1.64 bits per heavy atom. The SMILES string of the molecule is CCCNC(=O)[C@@H](Cc1ccccc1)N(Cc1ccc(F)cc1)C(=O)Cc1cccc(Cl)c1. The molecule has 0 saturated carbocycles. The summed E-state index contributed by atoms with van der Waals surface area (Å²) in [4.78, 5) is 28.3. The maximum absolute atomic E-state index is 13.5. The zero-order chi connectivity index (χ0) is 23.6. The minimum absolute atomic E-state index is 0.105. The minimum Gasteiger partial charge on any atom is -0.354 e. The molecule has 33 heavy (non-hydrogen) atoms. The molecule has 172 valence electrons. The summed E-state index contributed by atoms with van der Waals surface area (Å²) in [6.45, 7) is 2.70. The van der Waals surface area contributed by atoms with Crippen LogP contribution in [0.5, 0.6) is 0 Å². The number of benzene rings is 3. The minimum atomic E-state index is -0.712. The van der Waals surface area contributed by atoms with E-state index in [4.69, 9.17) is 11.6 Å². The molecule has 0 spiro atoms. The second-order valence-corrected chi connectivity index (χ2v) is 8.39. The predicted octanol–water partition coefficient (Wildman–Crippen LogP) is 5.19. The Morgan fingerprint density at radius 3 is 2.30 bits per heavy atom. The molecule has 0 aromatic heterocycles. The van der Waals surface area contributed by atoms with Gasteiger partial charge >= 0.3 is 0 Å². The highest BCUT2D eigenvalue weighted by molar-refractivity contribution is 6.30. The van der Waals surface area contributed by atoms with Crippen molar-refractivity contribution in [1.29, 1.82) is 0 Å². The number of rotatable bonds is 10. The predicted molar refractivity (Wildman–Crippen MR) is 129 cm³/mol. The van der Waals surface area contributed by atoms with Gasteiger partial charge in [0.2, 0.25) is 11.8 Å². The zero-order valence-corrected chi connectivity index (χ0v) is 19.4. The third-order valence-corrected chi connectivity index (χ3v) is 5.57. The fourth-order valence-corrected chi connectivity index (χ4v) is 3.84. The maximum Gasteiger partial charge on any atom is 0.243 e. The number of carbonyl (C=O) groups is 2. The van der Waals surface area contributed by atoms with Gasteiger partial charge in [0.15, 0.2) is 0 Å². The van der Waals surface area contributed by atoms with Crippen LogP contribution in [0.15, 0.2) is 78.9 Å². The van der Waals surface area contributed by atoms with Crippen LogP contribution >= 0.6 is 11.6 Å². The molecule has 0 radical (unpaired) electrons. The highest BCUT2D eigenvalue weighted by atomic mass is 35.5. The van der Waals surface area contributed by atoms with E-state index in [9.17, 15) is 14.0 Å². The van der Waals surface area contributed by atoms with Gasteiger partial charge in [-0.3, -0.25) is 9.59 Å². The van der Waals surface area contributed by atoms with Crippen LogP contribution in [0.3, 0.4) is 0 Å². The van der Waals surface area contributed by atoms with E-state index in [0.717, 1.165) is 23.1 Å². The molecule has 0 fully saturated rings. The average molecular weight is 467 g/mol. The molecule has 6 heteroatoms. The Kier molecular flexibility index (Phi) is 9.02. The van der Waals surface area contributed by atoms with Crippen molar-refractivity contribution in [3.8, 4) is 0 Å². The highest BCUT2D eigenvalue weighted by Gasteiger charge is 2.30. The third kappa shape index (κ3) is 7.43. The average Bonchev–Trinajstić information content (AvgIpc) is 2.81. The van der Waals surface area contributed by atoms with Gasteiger partial charge in [-0.25, -0.2) is 4.39 Å². The van der Waals surface area contributed by atoms with Gasteiger partial charge in [-0.05, 0) is 47.4 Å². The van der Waals surface area contributed by atoms with E-state index in [1.807, 2.05) is 43.3 Å². The largest absolute Gasteiger partial charge is 0.354 e. The normalized spacial score (nSPS) is 11.6. The number of halogens is 2. The van der Waals surface area contributed by atoms with Crippen molar-refractivity contribution >= 4 is 23.4 Å². The summed E-state index contributed by atoms with van der Waals surface area (Å²) in [5.41, 5.74) is 2.47. The van der Waals surface area contributed by atoms with Gasteiger partial charge in [0.25, 0.3) is 0 Å². The Labute approximate surface area is 199 Å². The van der Waals surface area contributed by atoms with E-state index in [-0.39, 0.29) is 30.6 Å². The van der Waals surface area contributed by atoms with Gasteiger partial charge in [-0.15, -0.1) is 0 Å². The van der Waals surface area contributed by atoms with Crippen LogP contribution in [0.25, 0.3) is 0 Å². The van der Waals surface area contributed by atoms with Crippen molar-refractivity contribution in [2.45, 2.75) is 38.8 Å². The molecule has 3 aromatic carbocycles. The van der Waals surface area contributed by atoms with E-state index in [2.05, 4.69) is 5.32 Å². The first-order valence-corrected chi connectivity index (χ1v) is 11.4. The third-order valence-electron chi connectivity index (χ3n) is 5.33. The Bertz CT molecular complexity index is 1060. The van der Waals surface area contributed by atoms with E-state index in [0.29, 0.717) is 18.0 Å². The number of carbonyl (C=O) groups excluding carboxylic acids is 2. The van der Waals surface area contributed by atoms with Crippen LogP contribution in [-0.4, -0.2) is 29.3 Å². The standard InChI is InChI=1S/C27H28ClFN2O2/c1-2-15-30-27(33)25(17-20-7-4-3-5-8-20)31(19-21-11-13-24(29)14-12-21)26(32)18-22-9-6-10-23(28)16-22/h3-14,16,25H,2,15,17-19H2,1H3,(H,30,33)/t25-/m1/s1. The van der Waals surface area contributed by atoms with Crippen molar-refractivity contribution in [2.75, 3.05) is 6.54 Å². The highest BCUT2D eigenvalue weighted by Crippen LogP contribution is 2.18. The Balaban J connectivity index is 1.94. The second kappa shape index (κ2) is 12.2. The Hall–Kier alpha value is -3.18. The van der Waals surface area contributed by atoms with E-state index >= 15 is 0 Å². The molecule has 0 saturated heterocycles. The molecule has 0 heterocycles. The molecule has 3 rings (SSSR count). The van der Waals surface area contributed by atoms with Gasteiger partial charge in [-0.1, -0.05) is 73.1 Å². The van der Waals surface area contributed by atoms with Crippen LogP contribution < -0.4 is 5.32 Å². The number of amides is 2. The van der Waals surface area contributed by atoms with E-state index in [1.54, 1.807) is 35.2 Å². The zero-order valence-electron chi connectivity index (χ0n) is 18.6. The summed E-state index contributed by atoms with van der Waals surface area (Å²) in [7, 11) is 0. The van der Waals surface area contributed by atoms with Crippen molar-refractivity contribution in [3.63, 3.8) is 0 Å². The summed E-state index contributed by atoms with van der Waals surface area (Å²) in [5.74, 6) is -0.756. The first-order chi connectivity index (χ1) is 16.0. The molecule has 0 bridgehead atoms. The lowest BCUT2D eigenvalue weighted by molar-refractivity contribution is -0.140. The molecular weight excluding hydrogens is 439 g/mol. The van der Waals surface area contributed by atoms with Crippen LogP contribution in [0.2, 0.25) is 5.02 Å². The van der Waals surface area contributed by atoms with Crippen molar-refractivity contribution in [2.24, 2.45) is 0 Å². The molecule has 0 aliphatic rings. The summed E-state index contributed by atoms with van der Waals surface area (Å²) in [6, 6.07) is 22.0. The number of hydrogen-bond donors (Lipinski definition) is 1. The molecule has 0 unspecified atom stereocenters. The van der Waals surface area contributed by atoms with Gasteiger partial charge in [0, 0.05) is 24.5 Å². The fourth-order valence-electron chi connectivity index (χ4n) is 3.63. The molecular formula is C27H28ClFN2O2. The number of nitrogens with one attached hydrogen (secondary N) is 1. The quantitative estimate of drug-likeness (QED) is 0.447. The van der Waals surface area contributed by atoms with Gasteiger partial charge < -0.3 is 10.2 Å². The van der Waals surface area contributed by atoms with Crippen LogP contribution in [-0.2, 0) is 29.0 Å². The first-order valence-electron chi connectivity index (χ1n) is 11.1. The van der Waals surface area contributed by atoms with Crippen LogP contribution in [0.1, 0.15) is 30.0 Å². The number of hydrogen-bond acceptors (Lipinski definition) is 2. The van der Waals surface area contributed by atoms with Crippen molar-refractivity contribution in [3.05, 3.63) is 106 Å². The summed E-state index contributed by atoms with van der Waals surface area (Å²) in [5, 5.41) is 3.49. The smallest absolute Gasteiger partial charge is 0.243 e. The van der Waals surface area contributed by atoms with Gasteiger partial charge in [0.05, 0.1) is 6.42 Å². The molecule has 2 amide bonds. The maximum atomic E-state index is 13.5. The fraction of sp³-hybridized carbons (Fsp3) is 0.259. The molecule has 0 aliphatic carbocycles. The van der Waals surface area contributed by atoms with Crippen LogP contribution in [0, 0.1) is 5.82 Å². The molecule has 1 N–H and O–H groups in total. The second-order valence-electron chi connectivity index (χ2n) is 7.95.